The monoisotopic (exact) mass is 258 g/mol. The molecule has 0 saturated carbocycles. The number of aryl methyl sites for hydroxylation is 1. The van der Waals surface area contributed by atoms with Crippen LogP contribution in [0.25, 0.3) is 0 Å². The van der Waals surface area contributed by atoms with Crippen molar-refractivity contribution < 1.29 is 4.74 Å². The van der Waals surface area contributed by atoms with Gasteiger partial charge in [-0.15, -0.1) is 0 Å². The average molecular weight is 258 g/mol. The highest BCUT2D eigenvalue weighted by atomic mass is 16.5. The van der Waals surface area contributed by atoms with E-state index in [9.17, 15) is 0 Å². The molecule has 0 spiro atoms. The molecule has 102 valence electrons. The maximum Gasteiger partial charge on any atom is 0.118 e. The molecule has 0 heterocycles. The molecule has 2 rings (SSSR count). The lowest BCUT2D eigenvalue weighted by molar-refractivity contribution is 0.414. The summed E-state index contributed by atoms with van der Waals surface area (Å²) in [6.07, 6.45) is 0. The van der Waals surface area contributed by atoms with Crippen molar-refractivity contribution in [3.63, 3.8) is 0 Å². The number of methoxy groups -OCH3 is 1. The van der Waals surface area contributed by atoms with Crippen molar-refractivity contribution in [2.75, 3.05) is 7.11 Å². The van der Waals surface area contributed by atoms with Crippen molar-refractivity contribution in [3.8, 4) is 5.75 Å². The minimum Gasteiger partial charge on any atom is -0.497 e. The van der Waals surface area contributed by atoms with Crippen LogP contribution in [0.15, 0.2) is 48.5 Å². The van der Waals surface area contributed by atoms with Gasteiger partial charge in [0, 0.05) is 13.1 Å². The molecule has 3 heteroatoms. The Morgan fingerprint density at radius 1 is 0.789 bits per heavy atom. The molecule has 0 saturated heterocycles. The highest BCUT2D eigenvalue weighted by Crippen LogP contribution is 2.10. The molecule has 0 radical (unpaired) electrons. The Hall–Kier alpha value is -1.84. The zero-order valence-electron chi connectivity index (χ0n) is 11.6. The molecule has 19 heavy (non-hydrogen) atoms. The molecule has 2 aromatic rings. The molecule has 0 bridgehead atoms. The summed E-state index contributed by atoms with van der Waals surface area (Å²) in [6.45, 7) is 3.30. The number of hydrogen-bond donors (Lipinski definition) is 2. The lowest BCUT2D eigenvalue weighted by atomic mass is 10.2. The number of rotatable bonds is 3. The zero-order chi connectivity index (χ0) is 14.1. The Kier molecular flexibility index (Phi) is 6.64. The lowest BCUT2D eigenvalue weighted by Gasteiger charge is -1.99. The standard InChI is InChI=1S/C8H11NO.C8H11N/c1-10-8-4-2-7(6-9)3-5-8;1-7-2-4-8(6-9)5-3-7/h2-5H,6,9H2,1H3;2-5H,6,9H2,1H3. The van der Waals surface area contributed by atoms with E-state index in [0.717, 1.165) is 11.3 Å². The molecular formula is C16H22N2O. The number of ether oxygens (including phenoxy) is 1. The van der Waals surface area contributed by atoms with Gasteiger partial charge in [0.1, 0.15) is 5.75 Å². The van der Waals surface area contributed by atoms with E-state index in [0.29, 0.717) is 13.1 Å². The molecule has 0 fully saturated rings. The van der Waals surface area contributed by atoms with Crippen LogP contribution in [0.1, 0.15) is 16.7 Å². The predicted octanol–water partition coefficient (Wildman–Crippen LogP) is 2.61. The SMILES string of the molecule is COc1ccc(CN)cc1.Cc1ccc(CN)cc1. The number of benzene rings is 2. The van der Waals surface area contributed by atoms with E-state index in [1.165, 1.54) is 11.1 Å². The first-order valence-corrected chi connectivity index (χ1v) is 6.28. The third kappa shape index (κ3) is 5.55. The summed E-state index contributed by atoms with van der Waals surface area (Å²) in [6, 6.07) is 16.0. The van der Waals surface area contributed by atoms with Crippen LogP contribution in [0.3, 0.4) is 0 Å². The van der Waals surface area contributed by atoms with E-state index >= 15 is 0 Å². The van der Waals surface area contributed by atoms with E-state index in [4.69, 9.17) is 16.2 Å². The van der Waals surface area contributed by atoms with Crippen LogP contribution in [0, 0.1) is 6.92 Å². The molecule has 4 N–H and O–H groups in total. The van der Waals surface area contributed by atoms with Gasteiger partial charge >= 0.3 is 0 Å². The quantitative estimate of drug-likeness (QED) is 0.889. The van der Waals surface area contributed by atoms with Gasteiger partial charge < -0.3 is 16.2 Å². The van der Waals surface area contributed by atoms with Gasteiger partial charge in [0.05, 0.1) is 7.11 Å². The van der Waals surface area contributed by atoms with E-state index in [1.807, 2.05) is 24.3 Å². The highest BCUT2D eigenvalue weighted by Gasteiger charge is 1.89. The van der Waals surface area contributed by atoms with Gasteiger partial charge in [0.2, 0.25) is 0 Å². The number of nitrogens with two attached hydrogens (primary N) is 2. The summed E-state index contributed by atoms with van der Waals surface area (Å²) in [5.41, 5.74) is 14.4. The second-order valence-electron chi connectivity index (χ2n) is 4.24. The summed E-state index contributed by atoms with van der Waals surface area (Å²) in [7, 11) is 1.65. The Bertz CT molecular complexity index is 440. The normalized spacial score (nSPS) is 9.47. The van der Waals surface area contributed by atoms with E-state index < -0.39 is 0 Å². The first-order valence-electron chi connectivity index (χ1n) is 6.28. The maximum absolute atomic E-state index is 5.40. The summed E-state index contributed by atoms with van der Waals surface area (Å²) < 4.78 is 4.97. The molecule has 0 atom stereocenters. The van der Waals surface area contributed by atoms with E-state index in [2.05, 4.69) is 31.2 Å². The smallest absolute Gasteiger partial charge is 0.118 e. The molecule has 0 amide bonds. The molecule has 2 aromatic carbocycles. The average Bonchev–Trinajstić information content (AvgIpc) is 2.49. The van der Waals surface area contributed by atoms with E-state index in [1.54, 1.807) is 7.11 Å². The largest absolute Gasteiger partial charge is 0.497 e. The van der Waals surface area contributed by atoms with Gasteiger partial charge in [-0.2, -0.15) is 0 Å². The van der Waals surface area contributed by atoms with Crippen LogP contribution in [0.5, 0.6) is 5.75 Å². The van der Waals surface area contributed by atoms with Gasteiger partial charge in [-0.05, 0) is 30.2 Å². The Morgan fingerprint density at radius 2 is 1.21 bits per heavy atom. The molecular weight excluding hydrogens is 236 g/mol. The Balaban J connectivity index is 0.000000191. The van der Waals surface area contributed by atoms with E-state index in [-0.39, 0.29) is 0 Å². The van der Waals surface area contributed by atoms with Crippen molar-refractivity contribution in [1.29, 1.82) is 0 Å². The van der Waals surface area contributed by atoms with Gasteiger partial charge in [-0.25, -0.2) is 0 Å². The first kappa shape index (κ1) is 15.2. The summed E-state index contributed by atoms with van der Waals surface area (Å²) >= 11 is 0. The zero-order valence-corrected chi connectivity index (χ0v) is 11.6. The molecule has 0 aromatic heterocycles. The summed E-state index contributed by atoms with van der Waals surface area (Å²) in [5, 5.41) is 0. The van der Waals surface area contributed by atoms with Crippen LogP contribution in [0.4, 0.5) is 0 Å². The van der Waals surface area contributed by atoms with Gasteiger partial charge in [-0.1, -0.05) is 42.0 Å². The van der Waals surface area contributed by atoms with Crippen molar-refractivity contribution in [1.82, 2.24) is 0 Å². The highest BCUT2D eigenvalue weighted by molar-refractivity contribution is 5.26. The molecule has 0 unspecified atom stereocenters. The third-order valence-electron chi connectivity index (χ3n) is 2.75. The van der Waals surface area contributed by atoms with Crippen LogP contribution in [-0.2, 0) is 13.1 Å². The summed E-state index contributed by atoms with van der Waals surface area (Å²) in [4.78, 5) is 0. The fourth-order valence-corrected chi connectivity index (χ4v) is 1.49. The first-order chi connectivity index (χ1) is 9.19. The molecule has 0 aliphatic carbocycles. The summed E-state index contributed by atoms with van der Waals surface area (Å²) in [5.74, 6) is 0.872. The van der Waals surface area contributed by atoms with Crippen molar-refractivity contribution in [3.05, 3.63) is 65.2 Å². The fraction of sp³-hybridized carbons (Fsp3) is 0.250. The van der Waals surface area contributed by atoms with Crippen LogP contribution in [0.2, 0.25) is 0 Å². The van der Waals surface area contributed by atoms with Gasteiger partial charge in [0.25, 0.3) is 0 Å². The molecule has 3 nitrogen and oxygen atoms in total. The minimum absolute atomic E-state index is 0.587. The van der Waals surface area contributed by atoms with Crippen molar-refractivity contribution in [2.24, 2.45) is 11.5 Å². The Labute approximate surface area is 115 Å². The molecule has 0 aliphatic heterocycles. The third-order valence-corrected chi connectivity index (χ3v) is 2.75. The van der Waals surface area contributed by atoms with Gasteiger partial charge in [-0.3, -0.25) is 0 Å². The van der Waals surface area contributed by atoms with Crippen molar-refractivity contribution >= 4 is 0 Å². The van der Waals surface area contributed by atoms with Crippen LogP contribution < -0.4 is 16.2 Å². The second kappa shape index (κ2) is 8.29. The van der Waals surface area contributed by atoms with Crippen LogP contribution in [-0.4, -0.2) is 7.11 Å². The van der Waals surface area contributed by atoms with Gasteiger partial charge in [0.15, 0.2) is 0 Å². The Morgan fingerprint density at radius 3 is 1.58 bits per heavy atom. The predicted molar refractivity (Wildman–Crippen MR) is 80.0 cm³/mol. The fourth-order valence-electron chi connectivity index (χ4n) is 1.49. The minimum atomic E-state index is 0.587. The van der Waals surface area contributed by atoms with Crippen molar-refractivity contribution in [2.45, 2.75) is 20.0 Å². The molecule has 0 aliphatic rings. The maximum atomic E-state index is 5.40. The second-order valence-corrected chi connectivity index (χ2v) is 4.24. The van der Waals surface area contributed by atoms with Crippen LogP contribution >= 0.6 is 0 Å². The topological polar surface area (TPSA) is 61.3 Å². The number of hydrogen-bond acceptors (Lipinski definition) is 3. The lowest BCUT2D eigenvalue weighted by Crippen LogP contribution is -1.95.